The SMILES string of the molecule is O=C1C[C@@H](C(=O)Nc2ccc(Br)cc2)[C@@H](c2ccccc2)O1. The van der Waals surface area contributed by atoms with Gasteiger partial charge in [-0.3, -0.25) is 9.59 Å². The lowest BCUT2D eigenvalue weighted by atomic mass is 9.94. The molecule has 3 rings (SSSR count). The lowest BCUT2D eigenvalue weighted by molar-refractivity contribution is -0.141. The number of cyclic esters (lactones) is 1. The van der Waals surface area contributed by atoms with Crippen LogP contribution >= 0.6 is 15.9 Å². The van der Waals surface area contributed by atoms with Crippen molar-refractivity contribution in [2.24, 2.45) is 5.92 Å². The van der Waals surface area contributed by atoms with Crippen LogP contribution in [-0.2, 0) is 14.3 Å². The molecule has 0 radical (unpaired) electrons. The van der Waals surface area contributed by atoms with Crippen molar-refractivity contribution in [2.45, 2.75) is 12.5 Å². The molecule has 0 aromatic heterocycles. The molecule has 0 bridgehead atoms. The van der Waals surface area contributed by atoms with Crippen molar-refractivity contribution in [3.8, 4) is 0 Å². The smallest absolute Gasteiger partial charge is 0.307 e. The van der Waals surface area contributed by atoms with Crippen molar-refractivity contribution in [2.75, 3.05) is 5.32 Å². The molecule has 1 aliphatic heterocycles. The summed E-state index contributed by atoms with van der Waals surface area (Å²) in [7, 11) is 0. The Hall–Kier alpha value is -2.14. The Bertz CT molecular complexity index is 685. The van der Waals surface area contributed by atoms with Crippen molar-refractivity contribution in [1.29, 1.82) is 0 Å². The van der Waals surface area contributed by atoms with Crippen LogP contribution in [0.3, 0.4) is 0 Å². The highest BCUT2D eigenvalue weighted by atomic mass is 79.9. The van der Waals surface area contributed by atoms with Crippen LogP contribution in [0.5, 0.6) is 0 Å². The molecule has 1 N–H and O–H groups in total. The summed E-state index contributed by atoms with van der Waals surface area (Å²) in [6.45, 7) is 0. The van der Waals surface area contributed by atoms with Crippen molar-refractivity contribution < 1.29 is 14.3 Å². The van der Waals surface area contributed by atoms with E-state index < -0.39 is 12.0 Å². The van der Waals surface area contributed by atoms with E-state index in [1.165, 1.54) is 0 Å². The summed E-state index contributed by atoms with van der Waals surface area (Å²) in [5.74, 6) is -1.06. The summed E-state index contributed by atoms with van der Waals surface area (Å²) in [4.78, 5) is 24.1. The van der Waals surface area contributed by atoms with E-state index in [1.807, 2.05) is 42.5 Å². The molecular formula is C17H14BrNO3. The number of hydrogen-bond acceptors (Lipinski definition) is 3. The Morgan fingerprint density at radius 3 is 2.45 bits per heavy atom. The van der Waals surface area contributed by atoms with Gasteiger partial charge in [0.15, 0.2) is 0 Å². The second-order valence-corrected chi connectivity index (χ2v) is 6.04. The number of hydrogen-bond donors (Lipinski definition) is 1. The maximum atomic E-state index is 12.5. The van der Waals surface area contributed by atoms with Gasteiger partial charge in [-0.1, -0.05) is 46.3 Å². The van der Waals surface area contributed by atoms with Crippen LogP contribution in [0.15, 0.2) is 59.1 Å². The van der Waals surface area contributed by atoms with Gasteiger partial charge in [0.1, 0.15) is 6.10 Å². The predicted molar refractivity (Wildman–Crippen MR) is 86.2 cm³/mol. The molecule has 0 spiro atoms. The first kappa shape index (κ1) is 14.8. The van der Waals surface area contributed by atoms with E-state index in [4.69, 9.17) is 4.74 Å². The predicted octanol–water partition coefficient (Wildman–Crippen LogP) is 3.69. The standard InChI is InChI=1S/C17H14BrNO3/c18-12-6-8-13(9-7-12)19-17(21)14-10-15(20)22-16(14)11-4-2-1-3-5-11/h1-9,14,16H,10H2,(H,19,21)/t14-,16-/m1/s1. The zero-order valence-electron chi connectivity index (χ0n) is 11.7. The van der Waals surface area contributed by atoms with Gasteiger partial charge in [-0.2, -0.15) is 0 Å². The van der Waals surface area contributed by atoms with E-state index in [0.29, 0.717) is 5.69 Å². The molecule has 1 aliphatic rings. The Labute approximate surface area is 136 Å². The fraction of sp³-hybridized carbons (Fsp3) is 0.176. The molecule has 1 saturated heterocycles. The number of esters is 1. The van der Waals surface area contributed by atoms with Crippen LogP contribution in [0.1, 0.15) is 18.1 Å². The minimum atomic E-state index is -0.524. The molecule has 2 atom stereocenters. The summed E-state index contributed by atoms with van der Waals surface area (Å²) < 4.78 is 6.27. The van der Waals surface area contributed by atoms with Gasteiger partial charge in [0, 0.05) is 10.2 Å². The number of carbonyl (C=O) groups is 2. The van der Waals surface area contributed by atoms with Crippen LogP contribution in [0.2, 0.25) is 0 Å². The Morgan fingerprint density at radius 1 is 1.09 bits per heavy atom. The third kappa shape index (κ3) is 3.20. The number of anilines is 1. The van der Waals surface area contributed by atoms with Gasteiger partial charge < -0.3 is 10.1 Å². The molecule has 22 heavy (non-hydrogen) atoms. The van der Waals surface area contributed by atoms with Gasteiger partial charge in [0.25, 0.3) is 0 Å². The number of nitrogens with one attached hydrogen (secondary N) is 1. The first-order valence-corrected chi connectivity index (χ1v) is 7.73. The van der Waals surface area contributed by atoms with Crippen LogP contribution in [-0.4, -0.2) is 11.9 Å². The lowest BCUT2D eigenvalue weighted by Gasteiger charge is -2.17. The highest BCUT2D eigenvalue weighted by Crippen LogP contribution is 2.36. The van der Waals surface area contributed by atoms with Gasteiger partial charge in [-0.15, -0.1) is 0 Å². The van der Waals surface area contributed by atoms with Crippen LogP contribution in [0, 0.1) is 5.92 Å². The van der Waals surface area contributed by atoms with Crippen LogP contribution < -0.4 is 5.32 Å². The topological polar surface area (TPSA) is 55.4 Å². The minimum Gasteiger partial charge on any atom is -0.457 e. The largest absolute Gasteiger partial charge is 0.457 e. The van der Waals surface area contributed by atoms with E-state index in [9.17, 15) is 9.59 Å². The zero-order chi connectivity index (χ0) is 15.5. The van der Waals surface area contributed by atoms with Crippen molar-refractivity contribution in [3.63, 3.8) is 0 Å². The Kier molecular flexibility index (Phi) is 4.24. The fourth-order valence-electron chi connectivity index (χ4n) is 2.50. The molecule has 1 fully saturated rings. The number of amides is 1. The van der Waals surface area contributed by atoms with Gasteiger partial charge >= 0.3 is 5.97 Å². The molecule has 1 heterocycles. The van der Waals surface area contributed by atoms with E-state index in [-0.39, 0.29) is 18.3 Å². The second kappa shape index (κ2) is 6.32. The van der Waals surface area contributed by atoms with Crippen molar-refractivity contribution >= 4 is 33.5 Å². The molecule has 0 aliphatic carbocycles. The molecule has 2 aromatic rings. The van der Waals surface area contributed by atoms with E-state index >= 15 is 0 Å². The Morgan fingerprint density at radius 2 is 1.77 bits per heavy atom. The first-order valence-electron chi connectivity index (χ1n) is 6.94. The number of carbonyl (C=O) groups excluding carboxylic acids is 2. The molecular weight excluding hydrogens is 346 g/mol. The number of benzene rings is 2. The number of ether oxygens (including phenoxy) is 1. The van der Waals surface area contributed by atoms with E-state index in [2.05, 4.69) is 21.2 Å². The molecule has 0 unspecified atom stereocenters. The quantitative estimate of drug-likeness (QED) is 0.850. The van der Waals surface area contributed by atoms with E-state index in [1.54, 1.807) is 12.1 Å². The van der Waals surface area contributed by atoms with Gasteiger partial charge in [-0.05, 0) is 29.8 Å². The molecule has 112 valence electrons. The molecule has 2 aromatic carbocycles. The first-order chi connectivity index (χ1) is 10.6. The van der Waals surface area contributed by atoms with Crippen molar-refractivity contribution in [3.05, 3.63) is 64.6 Å². The number of halogens is 1. The third-order valence-electron chi connectivity index (χ3n) is 3.59. The Balaban J connectivity index is 1.78. The van der Waals surface area contributed by atoms with Gasteiger partial charge in [0.2, 0.25) is 5.91 Å². The molecule has 0 saturated carbocycles. The van der Waals surface area contributed by atoms with Crippen LogP contribution in [0.4, 0.5) is 5.69 Å². The van der Waals surface area contributed by atoms with Gasteiger partial charge in [0.05, 0.1) is 12.3 Å². The van der Waals surface area contributed by atoms with Gasteiger partial charge in [-0.25, -0.2) is 0 Å². The summed E-state index contributed by atoms with van der Waals surface area (Å²) in [5.41, 5.74) is 1.53. The highest BCUT2D eigenvalue weighted by Gasteiger charge is 2.40. The highest BCUT2D eigenvalue weighted by molar-refractivity contribution is 9.10. The lowest BCUT2D eigenvalue weighted by Crippen LogP contribution is -2.25. The summed E-state index contributed by atoms with van der Waals surface area (Å²) in [5, 5.41) is 2.84. The normalized spacial score (nSPS) is 20.5. The summed E-state index contributed by atoms with van der Waals surface area (Å²) >= 11 is 3.35. The van der Waals surface area contributed by atoms with E-state index in [0.717, 1.165) is 10.0 Å². The maximum Gasteiger partial charge on any atom is 0.307 e. The van der Waals surface area contributed by atoms with Crippen molar-refractivity contribution in [1.82, 2.24) is 0 Å². The fourth-order valence-corrected chi connectivity index (χ4v) is 2.76. The third-order valence-corrected chi connectivity index (χ3v) is 4.12. The second-order valence-electron chi connectivity index (χ2n) is 5.13. The minimum absolute atomic E-state index is 0.0991. The monoisotopic (exact) mass is 359 g/mol. The van der Waals surface area contributed by atoms with Crippen LogP contribution in [0.25, 0.3) is 0 Å². The number of rotatable bonds is 3. The molecule has 1 amide bonds. The maximum absolute atomic E-state index is 12.5. The zero-order valence-corrected chi connectivity index (χ0v) is 13.2. The average molecular weight is 360 g/mol. The summed E-state index contributed by atoms with van der Waals surface area (Å²) in [6.07, 6.45) is -0.425. The molecule has 4 nitrogen and oxygen atoms in total. The summed E-state index contributed by atoms with van der Waals surface area (Å²) in [6, 6.07) is 16.6. The molecule has 5 heteroatoms. The average Bonchev–Trinajstić information content (AvgIpc) is 2.92.